The molecule has 1 heterocycles. The summed E-state index contributed by atoms with van der Waals surface area (Å²) in [5.74, 6) is 0.537. The van der Waals surface area contributed by atoms with E-state index in [1.54, 1.807) is 24.3 Å². The summed E-state index contributed by atoms with van der Waals surface area (Å²) in [5, 5.41) is 0.872. The second kappa shape index (κ2) is 8.53. The Kier molecular flexibility index (Phi) is 6.54. The molecule has 0 unspecified atom stereocenters. The third kappa shape index (κ3) is 4.69. The van der Waals surface area contributed by atoms with Crippen LogP contribution in [0.25, 0.3) is 6.08 Å². The predicted molar refractivity (Wildman–Crippen MR) is 122 cm³/mol. The lowest BCUT2D eigenvalue weighted by atomic mass is 10.2. The standard InChI is InChI=1S/C19H14BrCl2NO2S2/c1-10(2)25-16-6-3-11(7-13(16)20)8-17-18(24)23(19(26)27-17)15-5-4-12(21)9-14(15)22/h3-10H,1-2H3/b17-8+. The van der Waals surface area contributed by atoms with Gasteiger partial charge in [0.1, 0.15) is 5.75 Å². The van der Waals surface area contributed by atoms with E-state index >= 15 is 0 Å². The molecule has 0 aromatic heterocycles. The zero-order valence-electron chi connectivity index (χ0n) is 14.3. The molecule has 0 aliphatic carbocycles. The molecular weight excluding hydrogens is 489 g/mol. The second-order valence-electron chi connectivity index (χ2n) is 5.97. The van der Waals surface area contributed by atoms with Gasteiger partial charge in [0.2, 0.25) is 0 Å². The average molecular weight is 503 g/mol. The van der Waals surface area contributed by atoms with E-state index in [4.69, 9.17) is 40.2 Å². The Bertz CT molecular complexity index is 963. The third-order valence-electron chi connectivity index (χ3n) is 3.56. The summed E-state index contributed by atoms with van der Waals surface area (Å²) in [6, 6.07) is 10.6. The van der Waals surface area contributed by atoms with Gasteiger partial charge >= 0.3 is 0 Å². The highest BCUT2D eigenvalue weighted by molar-refractivity contribution is 9.10. The van der Waals surface area contributed by atoms with E-state index in [2.05, 4.69) is 15.9 Å². The van der Waals surface area contributed by atoms with Crippen molar-refractivity contribution in [1.29, 1.82) is 0 Å². The van der Waals surface area contributed by atoms with Crippen molar-refractivity contribution in [3.63, 3.8) is 0 Å². The summed E-state index contributed by atoms with van der Waals surface area (Å²) in [4.78, 5) is 14.8. The number of carbonyl (C=O) groups excluding carboxylic acids is 1. The fraction of sp³-hybridized carbons (Fsp3) is 0.158. The lowest BCUT2D eigenvalue weighted by molar-refractivity contribution is -0.113. The summed E-state index contributed by atoms with van der Waals surface area (Å²) in [7, 11) is 0. The zero-order chi connectivity index (χ0) is 19.7. The SMILES string of the molecule is CC(C)Oc1ccc(/C=C2/SC(=S)N(c3ccc(Cl)cc3Cl)C2=O)cc1Br. The number of benzene rings is 2. The quantitative estimate of drug-likeness (QED) is 0.334. The van der Waals surface area contributed by atoms with E-state index in [-0.39, 0.29) is 12.0 Å². The fourth-order valence-corrected chi connectivity index (χ4v) is 4.71. The van der Waals surface area contributed by atoms with Crippen molar-refractivity contribution < 1.29 is 9.53 Å². The molecule has 0 N–H and O–H groups in total. The first-order valence-electron chi connectivity index (χ1n) is 7.95. The molecule has 1 aliphatic heterocycles. The summed E-state index contributed by atoms with van der Waals surface area (Å²) in [6.45, 7) is 3.93. The average Bonchev–Trinajstić information content (AvgIpc) is 2.84. The number of amides is 1. The maximum atomic E-state index is 12.9. The van der Waals surface area contributed by atoms with Crippen LogP contribution in [0, 0.1) is 0 Å². The number of hydrogen-bond acceptors (Lipinski definition) is 4. The van der Waals surface area contributed by atoms with Crippen molar-refractivity contribution in [2.75, 3.05) is 4.90 Å². The van der Waals surface area contributed by atoms with Crippen LogP contribution in [0.2, 0.25) is 10.0 Å². The number of nitrogens with zero attached hydrogens (tertiary/aromatic N) is 1. The number of thiocarbonyl (C=S) groups is 1. The number of halogens is 3. The van der Waals surface area contributed by atoms with Gasteiger partial charge in [-0.2, -0.15) is 0 Å². The molecule has 0 saturated carbocycles. The van der Waals surface area contributed by atoms with Gasteiger partial charge in [-0.05, 0) is 71.7 Å². The number of thioether (sulfide) groups is 1. The number of ether oxygens (including phenoxy) is 1. The maximum Gasteiger partial charge on any atom is 0.270 e. The van der Waals surface area contributed by atoms with Gasteiger partial charge in [0.25, 0.3) is 5.91 Å². The highest BCUT2D eigenvalue weighted by Crippen LogP contribution is 2.40. The summed E-state index contributed by atoms with van der Waals surface area (Å²) >= 11 is 22.3. The molecule has 140 valence electrons. The molecule has 3 rings (SSSR count). The van der Waals surface area contributed by atoms with Crippen molar-refractivity contribution in [1.82, 2.24) is 0 Å². The van der Waals surface area contributed by atoms with Gasteiger partial charge < -0.3 is 4.74 Å². The Morgan fingerprint density at radius 2 is 1.96 bits per heavy atom. The van der Waals surface area contributed by atoms with Gasteiger partial charge in [0, 0.05) is 5.02 Å². The van der Waals surface area contributed by atoms with Gasteiger partial charge in [-0.3, -0.25) is 9.69 Å². The van der Waals surface area contributed by atoms with E-state index < -0.39 is 0 Å². The normalized spacial score (nSPS) is 15.9. The third-order valence-corrected chi connectivity index (χ3v) is 6.02. The van der Waals surface area contributed by atoms with Gasteiger partial charge in [0.15, 0.2) is 4.32 Å². The molecule has 2 aromatic rings. The molecule has 1 fully saturated rings. The number of rotatable bonds is 4. The van der Waals surface area contributed by atoms with Crippen LogP contribution in [0.15, 0.2) is 45.8 Å². The highest BCUT2D eigenvalue weighted by atomic mass is 79.9. The van der Waals surface area contributed by atoms with Crippen LogP contribution in [0.5, 0.6) is 5.75 Å². The number of hydrogen-bond donors (Lipinski definition) is 0. The Hall–Kier alpha value is -1.05. The van der Waals surface area contributed by atoms with Crippen molar-refractivity contribution >= 4 is 85.1 Å². The molecule has 1 aliphatic rings. The number of anilines is 1. The smallest absolute Gasteiger partial charge is 0.270 e. The molecule has 3 nitrogen and oxygen atoms in total. The molecule has 0 spiro atoms. The largest absolute Gasteiger partial charge is 0.490 e. The topological polar surface area (TPSA) is 29.5 Å². The molecule has 0 bridgehead atoms. The fourth-order valence-electron chi connectivity index (χ4n) is 2.45. The minimum Gasteiger partial charge on any atom is -0.490 e. The van der Waals surface area contributed by atoms with Gasteiger partial charge in [-0.1, -0.05) is 53.2 Å². The molecule has 0 radical (unpaired) electrons. The molecule has 1 amide bonds. The lowest BCUT2D eigenvalue weighted by Gasteiger charge is -2.16. The van der Waals surface area contributed by atoms with Crippen LogP contribution < -0.4 is 9.64 Å². The van der Waals surface area contributed by atoms with Gasteiger partial charge in [0.05, 0.1) is 26.2 Å². The Morgan fingerprint density at radius 1 is 1.22 bits per heavy atom. The van der Waals surface area contributed by atoms with Gasteiger partial charge in [-0.25, -0.2) is 0 Å². The van der Waals surface area contributed by atoms with Crippen molar-refractivity contribution in [2.24, 2.45) is 0 Å². The first-order valence-corrected chi connectivity index (χ1v) is 10.7. The van der Waals surface area contributed by atoms with E-state index in [9.17, 15) is 4.79 Å². The van der Waals surface area contributed by atoms with Crippen molar-refractivity contribution in [2.45, 2.75) is 20.0 Å². The van der Waals surface area contributed by atoms with E-state index in [0.717, 1.165) is 15.8 Å². The minimum absolute atomic E-state index is 0.0764. The van der Waals surface area contributed by atoms with Crippen LogP contribution in [0.1, 0.15) is 19.4 Å². The summed E-state index contributed by atoms with van der Waals surface area (Å²) < 4.78 is 6.96. The molecule has 0 atom stereocenters. The lowest BCUT2D eigenvalue weighted by Crippen LogP contribution is -2.27. The van der Waals surface area contributed by atoms with Crippen molar-refractivity contribution in [3.05, 3.63) is 61.4 Å². The molecule has 2 aromatic carbocycles. The zero-order valence-corrected chi connectivity index (χ0v) is 19.1. The molecule has 27 heavy (non-hydrogen) atoms. The maximum absolute atomic E-state index is 12.9. The summed E-state index contributed by atoms with van der Waals surface area (Å²) in [6.07, 6.45) is 1.88. The molecule has 8 heteroatoms. The number of carbonyl (C=O) groups is 1. The van der Waals surface area contributed by atoms with Crippen molar-refractivity contribution in [3.8, 4) is 5.75 Å². The summed E-state index contributed by atoms with van der Waals surface area (Å²) in [5.41, 5.74) is 1.38. The van der Waals surface area contributed by atoms with E-state index in [0.29, 0.717) is 25.0 Å². The van der Waals surface area contributed by atoms with Gasteiger partial charge in [-0.15, -0.1) is 0 Å². The van der Waals surface area contributed by atoms with E-state index in [1.165, 1.54) is 16.7 Å². The van der Waals surface area contributed by atoms with E-state index in [1.807, 2.05) is 32.0 Å². The Labute approximate surface area is 185 Å². The highest BCUT2D eigenvalue weighted by Gasteiger charge is 2.34. The first-order chi connectivity index (χ1) is 12.8. The minimum atomic E-state index is -0.215. The monoisotopic (exact) mass is 501 g/mol. The first kappa shape index (κ1) is 20.7. The molecular formula is C19H14BrCl2NO2S2. The predicted octanol–water partition coefficient (Wildman–Crippen LogP) is 6.95. The van der Waals surface area contributed by atoms with Crippen LogP contribution in [-0.2, 0) is 4.79 Å². The Morgan fingerprint density at radius 3 is 2.59 bits per heavy atom. The Balaban J connectivity index is 1.89. The van der Waals surface area contributed by atoms with Crippen LogP contribution in [0.4, 0.5) is 5.69 Å². The molecule has 1 saturated heterocycles. The second-order valence-corrected chi connectivity index (χ2v) is 9.34. The van der Waals surface area contributed by atoms with Crippen LogP contribution in [-0.4, -0.2) is 16.3 Å². The van der Waals surface area contributed by atoms with Crippen LogP contribution >= 0.6 is 63.1 Å². The van der Waals surface area contributed by atoms with Crippen LogP contribution in [0.3, 0.4) is 0 Å².